The maximum Gasteiger partial charge on any atom is 0.308 e. The van der Waals surface area contributed by atoms with Crippen molar-refractivity contribution in [2.75, 3.05) is 6.54 Å². The van der Waals surface area contributed by atoms with Crippen LogP contribution in [0.5, 0.6) is 5.75 Å². The smallest absolute Gasteiger partial charge is 0.308 e. The molecule has 0 aliphatic heterocycles. The van der Waals surface area contributed by atoms with Crippen molar-refractivity contribution in [1.29, 1.82) is 0 Å². The van der Waals surface area contributed by atoms with Crippen molar-refractivity contribution in [2.45, 2.75) is 44.7 Å². The molecule has 0 saturated carbocycles. The minimum atomic E-state index is -0.940. The summed E-state index contributed by atoms with van der Waals surface area (Å²) >= 11 is 0. The summed E-state index contributed by atoms with van der Waals surface area (Å²) in [7, 11) is 0. The van der Waals surface area contributed by atoms with E-state index in [1.54, 1.807) is 0 Å². The maximum absolute atomic E-state index is 13.0. The van der Waals surface area contributed by atoms with Crippen LogP contribution in [0.15, 0.2) is 54.6 Å². The molecule has 2 aromatic rings. The Morgan fingerprint density at radius 1 is 0.909 bits per heavy atom. The number of nitrogens with one attached hydrogen (secondary N) is 2. The average Bonchev–Trinajstić information content (AvgIpc) is 2.78. The molecule has 0 aromatic heterocycles. The van der Waals surface area contributed by atoms with Crippen LogP contribution < -0.4 is 26.8 Å². The molecule has 9 nitrogen and oxygen atoms in total. The van der Waals surface area contributed by atoms with Gasteiger partial charge in [0.25, 0.3) is 5.91 Å². The summed E-state index contributed by atoms with van der Waals surface area (Å²) in [5, 5.41) is 5.38. The number of amides is 3. The lowest BCUT2D eigenvalue weighted by molar-refractivity contribution is -0.131. The molecule has 0 radical (unpaired) electrons. The Balaban J connectivity index is 2.15. The third kappa shape index (κ3) is 8.74. The maximum atomic E-state index is 13.0. The number of nitrogens with two attached hydrogens (primary N) is 2. The normalized spacial score (nSPS) is 12.3. The van der Waals surface area contributed by atoms with Gasteiger partial charge in [0.1, 0.15) is 17.8 Å². The Kier molecular flexibility index (Phi) is 10.0. The second-order valence-electron chi connectivity index (χ2n) is 7.58. The molecule has 2 rings (SSSR count). The Hall–Kier alpha value is -3.72. The van der Waals surface area contributed by atoms with Gasteiger partial charge in [-0.2, -0.15) is 0 Å². The highest BCUT2D eigenvalue weighted by Crippen LogP contribution is 2.13. The van der Waals surface area contributed by atoms with E-state index in [-0.39, 0.29) is 12.0 Å². The van der Waals surface area contributed by atoms with E-state index in [0.29, 0.717) is 31.6 Å². The highest BCUT2D eigenvalue weighted by atomic mass is 16.5. The van der Waals surface area contributed by atoms with E-state index in [2.05, 4.69) is 10.6 Å². The molecular weight excluding hydrogens is 424 g/mol. The topological polar surface area (TPSA) is 154 Å². The van der Waals surface area contributed by atoms with Crippen molar-refractivity contribution in [1.82, 2.24) is 10.6 Å². The van der Waals surface area contributed by atoms with E-state index in [1.165, 1.54) is 31.2 Å². The molecule has 6 N–H and O–H groups in total. The van der Waals surface area contributed by atoms with E-state index in [1.807, 2.05) is 30.3 Å². The number of hydrogen-bond acceptors (Lipinski definition) is 6. The van der Waals surface area contributed by atoms with Crippen LogP contribution in [-0.2, 0) is 20.8 Å². The first-order chi connectivity index (χ1) is 15.8. The van der Waals surface area contributed by atoms with Gasteiger partial charge in [-0.1, -0.05) is 30.3 Å². The zero-order chi connectivity index (χ0) is 24.2. The van der Waals surface area contributed by atoms with Gasteiger partial charge in [-0.25, -0.2) is 0 Å². The number of carbonyl (C=O) groups excluding carboxylic acids is 4. The number of primary amides is 1. The van der Waals surface area contributed by atoms with E-state index < -0.39 is 35.8 Å². The summed E-state index contributed by atoms with van der Waals surface area (Å²) in [6.45, 7) is 1.76. The quantitative estimate of drug-likeness (QED) is 0.214. The number of esters is 1. The fraction of sp³-hybridized carbons (Fsp3) is 0.333. The second-order valence-corrected chi connectivity index (χ2v) is 7.58. The minimum absolute atomic E-state index is 0.220. The molecule has 0 aliphatic carbocycles. The van der Waals surface area contributed by atoms with E-state index in [4.69, 9.17) is 16.2 Å². The lowest BCUT2D eigenvalue weighted by Crippen LogP contribution is -2.53. The summed E-state index contributed by atoms with van der Waals surface area (Å²) in [6.07, 6.45) is 1.92. The molecule has 0 unspecified atom stereocenters. The van der Waals surface area contributed by atoms with Crippen LogP contribution in [0.1, 0.15) is 42.1 Å². The summed E-state index contributed by atoms with van der Waals surface area (Å²) in [5.74, 6) is -1.81. The van der Waals surface area contributed by atoms with Gasteiger partial charge < -0.3 is 26.8 Å². The molecule has 9 heteroatoms. The standard InChI is InChI=1S/C24H30N4O5/c1-16(29)33-19-12-10-18(11-13-19)23(31)28-21(15-17-7-3-2-4-8-17)24(32)27-20(22(26)30)9-5-6-14-25/h2-4,7-8,10-13,20-21H,5-6,9,14-15,25H2,1H3,(H2,26,30)(H,27,32)(H,28,31)/t20-,21-/m0/s1. The molecule has 33 heavy (non-hydrogen) atoms. The largest absolute Gasteiger partial charge is 0.427 e. The van der Waals surface area contributed by atoms with E-state index in [9.17, 15) is 19.2 Å². The Labute approximate surface area is 192 Å². The van der Waals surface area contributed by atoms with Gasteiger partial charge in [-0.05, 0) is 55.6 Å². The zero-order valence-electron chi connectivity index (χ0n) is 18.6. The van der Waals surface area contributed by atoms with Gasteiger partial charge in [-0.15, -0.1) is 0 Å². The molecule has 2 atom stereocenters. The highest BCUT2D eigenvalue weighted by Gasteiger charge is 2.26. The van der Waals surface area contributed by atoms with E-state index >= 15 is 0 Å². The molecule has 0 aliphatic rings. The second kappa shape index (κ2) is 13.0. The lowest BCUT2D eigenvalue weighted by atomic mass is 10.0. The third-order valence-electron chi connectivity index (χ3n) is 4.89. The molecule has 0 heterocycles. The first kappa shape index (κ1) is 25.5. The first-order valence-electron chi connectivity index (χ1n) is 10.7. The molecule has 176 valence electrons. The van der Waals surface area contributed by atoms with Gasteiger partial charge in [0, 0.05) is 18.9 Å². The van der Waals surface area contributed by atoms with Gasteiger partial charge >= 0.3 is 5.97 Å². The summed E-state index contributed by atoms with van der Waals surface area (Å²) < 4.78 is 4.97. The number of unbranched alkanes of at least 4 members (excludes halogenated alkanes) is 1. The van der Waals surface area contributed by atoms with Gasteiger partial charge in [0.05, 0.1) is 0 Å². The van der Waals surface area contributed by atoms with Crippen LogP contribution in [0, 0.1) is 0 Å². The van der Waals surface area contributed by atoms with Crippen molar-refractivity contribution in [3.8, 4) is 5.75 Å². The van der Waals surface area contributed by atoms with Gasteiger partial charge in [0.2, 0.25) is 11.8 Å². The summed E-state index contributed by atoms with van der Waals surface area (Å²) in [6, 6.07) is 13.4. The van der Waals surface area contributed by atoms with E-state index in [0.717, 1.165) is 5.56 Å². The minimum Gasteiger partial charge on any atom is -0.427 e. The molecule has 0 saturated heterocycles. The zero-order valence-corrected chi connectivity index (χ0v) is 18.6. The van der Waals surface area contributed by atoms with Crippen molar-refractivity contribution in [3.63, 3.8) is 0 Å². The molecule has 0 bridgehead atoms. The number of rotatable bonds is 12. The molecule has 3 amide bonds. The van der Waals surface area contributed by atoms with Crippen molar-refractivity contribution < 1.29 is 23.9 Å². The van der Waals surface area contributed by atoms with Crippen molar-refractivity contribution >= 4 is 23.7 Å². The Morgan fingerprint density at radius 2 is 1.58 bits per heavy atom. The van der Waals surface area contributed by atoms with Crippen LogP contribution in [0.4, 0.5) is 0 Å². The lowest BCUT2D eigenvalue weighted by Gasteiger charge is -2.22. The first-order valence-corrected chi connectivity index (χ1v) is 10.7. The SMILES string of the molecule is CC(=O)Oc1ccc(C(=O)N[C@@H](Cc2ccccc2)C(=O)N[C@@H](CCCCN)C(N)=O)cc1. The number of carbonyl (C=O) groups is 4. The predicted molar refractivity (Wildman–Crippen MR) is 123 cm³/mol. The average molecular weight is 455 g/mol. The van der Waals surface area contributed by atoms with Gasteiger partial charge in [-0.3, -0.25) is 19.2 Å². The monoisotopic (exact) mass is 454 g/mol. The van der Waals surface area contributed by atoms with Crippen LogP contribution in [-0.4, -0.2) is 42.3 Å². The molecule has 0 fully saturated rings. The third-order valence-corrected chi connectivity index (χ3v) is 4.89. The van der Waals surface area contributed by atoms with Gasteiger partial charge in [0.15, 0.2) is 0 Å². The van der Waals surface area contributed by atoms with Crippen LogP contribution in [0.3, 0.4) is 0 Å². The Morgan fingerprint density at radius 3 is 2.15 bits per heavy atom. The number of benzene rings is 2. The highest BCUT2D eigenvalue weighted by molar-refractivity contribution is 5.98. The Bertz CT molecular complexity index is 947. The van der Waals surface area contributed by atoms with Crippen molar-refractivity contribution in [2.24, 2.45) is 11.5 Å². The number of hydrogen-bond donors (Lipinski definition) is 4. The van der Waals surface area contributed by atoms with Crippen molar-refractivity contribution in [3.05, 3.63) is 65.7 Å². The van der Waals surface area contributed by atoms with Crippen LogP contribution in [0.25, 0.3) is 0 Å². The fourth-order valence-corrected chi connectivity index (χ4v) is 3.19. The van der Waals surface area contributed by atoms with Crippen LogP contribution in [0.2, 0.25) is 0 Å². The molecule has 2 aromatic carbocycles. The molecular formula is C24H30N4O5. The summed E-state index contributed by atoms with van der Waals surface area (Å²) in [5.41, 5.74) is 12.1. The van der Waals surface area contributed by atoms with Crippen LogP contribution >= 0.6 is 0 Å². The fourth-order valence-electron chi connectivity index (χ4n) is 3.19. The summed E-state index contributed by atoms with van der Waals surface area (Å²) in [4.78, 5) is 48.7. The predicted octanol–water partition coefficient (Wildman–Crippen LogP) is 1.05. The molecule has 0 spiro atoms. The number of ether oxygens (including phenoxy) is 1.